The highest BCUT2D eigenvalue weighted by atomic mass is 15.0. The van der Waals surface area contributed by atoms with Gasteiger partial charge in [0.05, 0.1) is 0 Å². The monoisotopic (exact) mass is 238 g/mol. The average Bonchev–Trinajstić information content (AvgIpc) is 2.96. The molecule has 0 spiro atoms. The van der Waals surface area contributed by atoms with Gasteiger partial charge in [0.25, 0.3) is 0 Å². The fraction of sp³-hybridized carbons (Fsp3) is 1.00. The molecule has 0 aromatic rings. The molecule has 0 radical (unpaired) electrons. The van der Waals surface area contributed by atoms with Gasteiger partial charge in [-0.3, -0.25) is 0 Å². The van der Waals surface area contributed by atoms with Crippen LogP contribution in [0.4, 0.5) is 0 Å². The lowest BCUT2D eigenvalue weighted by Gasteiger charge is -2.20. The Morgan fingerprint density at radius 1 is 1.00 bits per heavy atom. The van der Waals surface area contributed by atoms with Gasteiger partial charge in [0.1, 0.15) is 0 Å². The van der Waals surface area contributed by atoms with E-state index in [9.17, 15) is 0 Å². The smallest absolute Gasteiger partial charge is 0.00965 e. The Morgan fingerprint density at radius 3 is 2.24 bits per heavy atom. The largest absolute Gasteiger partial charge is 0.316 e. The summed E-state index contributed by atoms with van der Waals surface area (Å²) in [7, 11) is 0. The van der Waals surface area contributed by atoms with Gasteiger partial charge in [0, 0.05) is 5.54 Å². The maximum atomic E-state index is 3.65. The first-order valence-electron chi connectivity index (χ1n) is 7.54. The van der Waals surface area contributed by atoms with Crippen molar-refractivity contribution in [3.8, 4) is 0 Å². The van der Waals surface area contributed by atoms with E-state index in [-0.39, 0.29) is 5.54 Å². The normalized spacial score (nSPS) is 32.3. The van der Waals surface area contributed by atoms with Gasteiger partial charge in [-0.2, -0.15) is 0 Å². The molecule has 0 aliphatic heterocycles. The molecule has 2 heteroatoms. The van der Waals surface area contributed by atoms with Crippen molar-refractivity contribution in [2.24, 2.45) is 17.8 Å². The van der Waals surface area contributed by atoms with E-state index >= 15 is 0 Å². The number of rotatable bonds is 6. The molecule has 2 fully saturated rings. The zero-order valence-electron chi connectivity index (χ0n) is 11.9. The molecule has 0 aromatic carbocycles. The molecule has 0 amide bonds. The van der Waals surface area contributed by atoms with Gasteiger partial charge in [-0.25, -0.2) is 0 Å². The summed E-state index contributed by atoms with van der Waals surface area (Å²) in [4.78, 5) is 0. The van der Waals surface area contributed by atoms with Crippen LogP contribution in [0.15, 0.2) is 0 Å². The summed E-state index contributed by atoms with van der Waals surface area (Å²) in [6, 6.07) is 0. The standard InChI is InChI=1S/C15H30N2/c1-15(2,3)17-10-6-9-16-11-14-12-7-4-5-8-13(12)14/h12-14,16-17H,4-11H2,1-3H3. The predicted octanol–water partition coefficient (Wildman–Crippen LogP) is 2.79. The van der Waals surface area contributed by atoms with Gasteiger partial charge in [0.15, 0.2) is 0 Å². The van der Waals surface area contributed by atoms with Crippen molar-refractivity contribution in [2.75, 3.05) is 19.6 Å². The van der Waals surface area contributed by atoms with E-state index in [1.165, 1.54) is 45.2 Å². The maximum absolute atomic E-state index is 3.65. The highest BCUT2D eigenvalue weighted by Crippen LogP contribution is 2.54. The van der Waals surface area contributed by atoms with Crippen LogP contribution in [0.1, 0.15) is 52.9 Å². The Labute approximate surface area is 107 Å². The van der Waals surface area contributed by atoms with Crippen molar-refractivity contribution in [3.05, 3.63) is 0 Å². The van der Waals surface area contributed by atoms with E-state index in [1.54, 1.807) is 0 Å². The average molecular weight is 238 g/mol. The van der Waals surface area contributed by atoms with Crippen LogP contribution in [0, 0.1) is 17.8 Å². The van der Waals surface area contributed by atoms with Crippen LogP contribution >= 0.6 is 0 Å². The number of hydrogen-bond donors (Lipinski definition) is 2. The highest BCUT2D eigenvalue weighted by molar-refractivity contribution is 4.99. The van der Waals surface area contributed by atoms with E-state index in [0.717, 1.165) is 24.3 Å². The third-order valence-electron chi connectivity index (χ3n) is 4.40. The molecule has 100 valence electrons. The molecule has 2 N–H and O–H groups in total. The molecule has 2 rings (SSSR count). The second kappa shape index (κ2) is 5.71. The summed E-state index contributed by atoms with van der Waals surface area (Å²) < 4.78 is 0. The highest BCUT2D eigenvalue weighted by Gasteiger charge is 2.49. The van der Waals surface area contributed by atoms with E-state index in [1.807, 2.05) is 0 Å². The summed E-state index contributed by atoms with van der Waals surface area (Å²) in [5.74, 6) is 3.24. The molecular weight excluding hydrogens is 208 g/mol. The Bertz CT molecular complexity index is 220. The van der Waals surface area contributed by atoms with Crippen molar-refractivity contribution in [1.82, 2.24) is 10.6 Å². The second-order valence-electron chi connectivity index (χ2n) is 7.01. The number of hydrogen-bond acceptors (Lipinski definition) is 2. The van der Waals surface area contributed by atoms with Crippen molar-refractivity contribution >= 4 is 0 Å². The Kier molecular flexibility index (Phi) is 4.48. The lowest BCUT2D eigenvalue weighted by molar-refractivity contribution is 0.417. The summed E-state index contributed by atoms with van der Waals surface area (Å²) in [5, 5.41) is 7.19. The molecule has 2 nitrogen and oxygen atoms in total. The molecule has 2 saturated carbocycles. The molecular formula is C15H30N2. The molecule has 17 heavy (non-hydrogen) atoms. The maximum Gasteiger partial charge on any atom is 0.00965 e. The van der Waals surface area contributed by atoms with Gasteiger partial charge < -0.3 is 10.6 Å². The SMILES string of the molecule is CC(C)(C)NCCCNCC1C2CCCCC21. The first-order chi connectivity index (χ1) is 8.08. The van der Waals surface area contributed by atoms with Crippen LogP contribution < -0.4 is 10.6 Å². The molecule has 2 atom stereocenters. The Hall–Kier alpha value is -0.0800. The van der Waals surface area contributed by atoms with Crippen molar-refractivity contribution in [2.45, 2.75) is 58.4 Å². The first kappa shape index (κ1) is 13.4. The minimum absolute atomic E-state index is 0.269. The fourth-order valence-corrected chi connectivity index (χ4v) is 3.39. The van der Waals surface area contributed by atoms with E-state index < -0.39 is 0 Å². The molecule has 2 aliphatic rings. The first-order valence-corrected chi connectivity index (χ1v) is 7.54. The Balaban J connectivity index is 1.45. The third-order valence-corrected chi connectivity index (χ3v) is 4.40. The van der Waals surface area contributed by atoms with Crippen LogP contribution in [-0.2, 0) is 0 Å². The summed E-state index contributed by atoms with van der Waals surface area (Å²) in [6.45, 7) is 10.3. The van der Waals surface area contributed by atoms with Gasteiger partial charge >= 0.3 is 0 Å². The minimum Gasteiger partial charge on any atom is -0.316 e. The molecule has 2 aliphatic carbocycles. The van der Waals surface area contributed by atoms with Gasteiger partial charge in [0.2, 0.25) is 0 Å². The lowest BCUT2D eigenvalue weighted by Crippen LogP contribution is -2.37. The predicted molar refractivity (Wildman–Crippen MR) is 74.2 cm³/mol. The Morgan fingerprint density at radius 2 is 1.65 bits per heavy atom. The van der Waals surface area contributed by atoms with Crippen molar-refractivity contribution < 1.29 is 0 Å². The van der Waals surface area contributed by atoms with Crippen LogP contribution in [-0.4, -0.2) is 25.2 Å². The van der Waals surface area contributed by atoms with E-state index in [2.05, 4.69) is 31.4 Å². The zero-order chi connectivity index (χ0) is 12.3. The van der Waals surface area contributed by atoms with Crippen LogP contribution in [0.25, 0.3) is 0 Å². The number of nitrogens with one attached hydrogen (secondary N) is 2. The van der Waals surface area contributed by atoms with Crippen LogP contribution in [0.3, 0.4) is 0 Å². The fourth-order valence-electron chi connectivity index (χ4n) is 3.39. The van der Waals surface area contributed by atoms with Gasteiger partial charge in [-0.15, -0.1) is 0 Å². The molecule has 2 unspecified atom stereocenters. The summed E-state index contributed by atoms with van der Waals surface area (Å²) in [6.07, 6.45) is 7.27. The molecule has 0 aromatic heterocycles. The van der Waals surface area contributed by atoms with Gasteiger partial charge in [-0.05, 0) is 77.4 Å². The number of fused-ring (bicyclic) bond motifs is 1. The molecule has 0 saturated heterocycles. The summed E-state index contributed by atoms with van der Waals surface area (Å²) >= 11 is 0. The second-order valence-corrected chi connectivity index (χ2v) is 7.01. The minimum atomic E-state index is 0.269. The third kappa shape index (κ3) is 4.26. The van der Waals surface area contributed by atoms with Crippen molar-refractivity contribution in [1.29, 1.82) is 0 Å². The zero-order valence-corrected chi connectivity index (χ0v) is 11.9. The molecule has 0 heterocycles. The van der Waals surface area contributed by atoms with E-state index in [4.69, 9.17) is 0 Å². The lowest BCUT2D eigenvalue weighted by atomic mass is 10.0. The van der Waals surface area contributed by atoms with Crippen LogP contribution in [0.2, 0.25) is 0 Å². The van der Waals surface area contributed by atoms with Crippen LogP contribution in [0.5, 0.6) is 0 Å². The summed E-state index contributed by atoms with van der Waals surface area (Å²) in [5.41, 5.74) is 0.269. The quantitative estimate of drug-likeness (QED) is 0.695. The van der Waals surface area contributed by atoms with Gasteiger partial charge in [-0.1, -0.05) is 12.8 Å². The van der Waals surface area contributed by atoms with Crippen molar-refractivity contribution in [3.63, 3.8) is 0 Å². The topological polar surface area (TPSA) is 24.1 Å². The molecule has 0 bridgehead atoms. The van der Waals surface area contributed by atoms with E-state index in [0.29, 0.717) is 0 Å².